The van der Waals surface area contributed by atoms with Gasteiger partial charge in [-0.3, -0.25) is 9.97 Å². The Kier molecular flexibility index (Phi) is 5.09. The summed E-state index contributed by atoms with van der Waals surface area (Å²) in [6, 6.07) is 4.66. The molecule has 0 fully saturated rings. The molecule has 0 atom stereocenters. The predicted molar refractivity (Wildman–Crippen MR) is 102 cm³/mol. The van der Waals surface area contributed by atoms with Crippen LogP contribution in [0.25, 0.3) is 22.8 Å². The highest BCUT2D eigenvalue weighted by molar-refractivity contribution is 5.62. The minimum Gasteiger partial charge on any atom is -0.324 e. The second kappa shape index (κ2) is 7.99. The molecule has 0 unspecified atom stereocenters. The van der Waals surface area contributed by atoms with Gasteiger partial charge in [-0.25, -0.2) is 9.97 Å². The van der Waals surface area contributed by atoms with Crippen molar-refractivity contribution in [2.75, 3.05) is 0 Å². The Hall–Kier alpha value is -3.55. The van der Waals surface area contributed by atoms with E-state index in [1.807, 2.05) is 10.8 Å². The first-order chi connectivity index (χ1) is 13.8. The molecule has 28 heavy (non-hydrogen) atoms. The Labute approximate surface area is 161 Å². The van der Waals surface area contributed by atoms with E-state index in [2.05, 4.69) is 37.1 Å². The highest BCUT2D eigenvalue weighted by Crippen LogP contribution is 2.25. The van der Waals surface area contributed by atoms with E-state index >= 15 is 0 Å². The van der Waals surface area contributed by atoms with E-state index in [-0.39, 0.29) is 0 Å². The summed E-state index contributed by atoms with van der Waals surface area (Å²) in [6.45, 7) is 2.56. The maximum Gasteiger partial charge on any atom is 0.213 e. The third-order valence-corrected chi connectivity index (χ3v) is 4.36. The van der Waals surface area contributed by atoms with Gasteiger partial charge in [-0.1, -0.05) is 19.4 Å². The van der Waals surface area contributed by atoms with Crippen LogP contribution < -0.4 is 0 Å². The molecule has 0 spiro atoms. The smallest absolute Gasteiger partial charge is 0.213 e. The molecule has 0 aromatic carbocycles. The number of hydrogen-bond donors (Lipinski definition) is 0. The summed E-state index contributed by atoms with van der Waals surface area (Å²) >= 11 is 0. The maximum atomic E-state index is 13.5. The molecular formula is C20H18FN7. The zero-order valence-corrected chi connectivity index (χ0v) is 15.3. The van der Waals surface area contributed by atoms with E-state index in [0.717, 1.165) is 35.4 Å². The van der Waals surface area contributed by atoms with Gasteiger partial charge in [-0.05, 0) is 24.1 Å². The number of pyridine rings is 1. The lowest BCUT2D eigenvalue weighted by Gasteiger charge is -2.14. The van der Waals surface area contributed by atoms with Gasteiger partial charge in [0.15, 0.2) is 5.82 Å². The summed E-state index contributed by atoms with van der Waals surface area (Å²) in [5.74, 6) is 0.0387. The number of hydrogen-bond acceptors (Lipinski definition) is 6. The van der Waals surface area contributed by atoms with Crippen LogP contribution in [0.1, 0.15) is 24.6 Å². The average molecular weight is 375 g/mol. The lowest BCUT2D eigenvalue weighted by Crippen LogP contribution is -2.10. The molecule has 4 aromatic rings. The summed E-state index contributed by atoms with van der Waals surface area (Å²) in [6.07, 6.45) is 12.0. The van der Waals surface area contributed by atoms with Crippen LogP contribution in [0.4, 0.5) is 4.39 Å². The normalized spacial score (nSPS) is 10.9. The number of halogens is 1. The lowest BCUT2D eigenvalue weighted by molar-refractivity contribution is 0.584. The summed E-state index contributed by atoms with van der Waals surface area (Å²) in [7, 11) is 0. The van der Waals surface area contributed by atoms with Crippen molar-refractivity contribution in [1.82, 2.24) is 34.7 Å². The van der Waals surface area contributed by atoms with Crippen molar-refractivity contribution >= 4 is 0 Å². The van der Waals surface area contributed by atoms with Gasteiger partial charge in [0.05, 0.1) is 30.3 Å². The Morgan fingerprint density at radius 1 is 1.04 bits per heavy atom. The van der Waals surface area contributed by atoms with Gasteiger partial charge in [-0.15, -0.1) is 0 Å². The molecule has 0 aliphatic carbocycles. The summed E-state index contributed by atoms with van der Waals surface area (Å²) in [4.78, 5) is 16.8. The number of nitrogens with zero attached hydrogens (tertiary/aromatic N) is 7. The molecule has 8 heteroatoms. The molecule has 140 valence electrons. The zero-order chi connectivity index (χ0) is 19.3. The van der Waals surface area contributed by atoms with Crippen molar-refractivity contribution in [1.29, 1.82) is 0 Å². The molecular weight excluding hydrogens is 357 g/mol. The first kappa shape index (κ1) is 17.8. The van der Waals surface area contributed by atoms with Crippen LogP contribution in [0.2, 0.25) is 0 Å². The molecule has 7 nitrogen and oxygen atoms in total. The van der Waals surface area contributed by atoms with Crippen molar-refractivity contribution < 1.29 is 4.39 Å². The minimum atomic E-state index is -0.539. The Bertz CT molecular complexity index is 1080. The predicted octanol–water partition coefficient (Wildman–Crippen LogP) is 3.33. The molecule has 4 rings (SSSR count). The summed E-state index contributed by atoms with van der Waals surface area (Å²) < 4.78 is 15.4. The molecule has 0 radical (unpaired) electrons. The molecule has 4 aromatic heterocycles. The second-order valence-electron chi connectivity index (χ2n) is 6.25. The largest absolute Gasteiger partial charge is 0.324 e. The fraction of sp³-hybridized carbons (Fsp3) is 0.200. The SMILES string of the molecule is CCCc1c(-c2cnccn2)cnnc1Cn1ccnc1-c1cccc(F)n1. The third kappa shape index (κ3) is 3.62. The highest BCUT2D eigenvalue weighted by Gasteiger charge is 2.16. The van der Waals surface area contributed by atoms with Gasteiger partial charge < -0.3 is 4.57 Å². The molecule has 4 heterocycles. The van der Waals surface area contributed by atoms with E-state index < -0.39 is 5.95 Å². The van der Waals surface area contributed by atoms with Crippen molar-refractivity contribution in [3.05, 3.63) is 72.6 Å². The topological polar surface area (TPSA) is 82.3 Å². The van der Waals surface area contributed by atoms with E-state index in [1.165, 1.54) is 6.07 Å². The van der Waals surface area contributed by atoms with Crippen LogP contribution in [-0.2, 0) is 13.0 Å². The van der Waals surface area contributed by atoms with Crippen molar-refractivity contribution in [3.8, 4) is 22.8 Å². The van der Waals surface area contributed by atoms with E-state index in [4.69, 9.17) is 0 Å². The van der Waals surface area contributed by atoms with Crippen molar-refractivity contribution in [3.63, 3.8) is 0 Å². The molecule has 0 aliphatic heterocycles. The van der Waals surface area contributed by atoms with Crippen LogP contribution in [0, 0.1) is 5.95 Å². The summed E-state index contributed by atoms with van der Waals surface area (Å²) in [5, 5.41) is 8.54. The number of aromatic nitrogens is 7. The molecule has 0 saturated heterocycles. The zero-order valence-electron chi connectivity index (χ0n) is 15.3. The monoisotopic (exact) mass is 375 g/mol. The Morgan fingerprint density at radius 2 is 1.96 bits per heavy atom. The van der Waals surface area contributed by atoms with Gasteiger partial charge in [-0.2, -0.15) is 14.6 Å². The molecule has 0 saturated carbocycles. The fourth-order valence-corrected chi connectivity index (χ4v) is 3.13. The van der Waals surface area contributed by atoms with E-state index in [0.29, 0.717) is 18.1 Å². The Morgan fingerprint density at radius 3 is 2.75 bits per heavy atom. The fourth-order valence-electron chi connectivity index (χ4n) is 3.13. The van der Waals surface area contributed by atoms with Crippen molar-refractivity contribution in [2.45, 2.75) is 26.3 Å². The number of rotatable bonds is 6. The highest BCUT2D eigenvalue weighted by atomic mass is 19.1. The van der Waals surface area contributed by atoms with Crippen LogP contribution in [-0.4, -0.2) is 34.7 Å². The van der Waals surface area contributed by atoms with Crippen LogP contribution in [0.15, 0.2) is 55.4 Å². The van der Waals surface area contributed by atoms with Gasteiger partial charge in [0, 0.05) is 30.4 Å². The summed E-state index contributed by atoms with van der Waals surface area (Å²) in [5.41, 5.74) is 4.05. The lowest BCUT2D eigenvalue weighted by atomic mass is 10.0. The molecule has 0 aliphatic rings. The first-order valence-corrected chi connectivity index (χ1v) is 9.00. The minimum absolute atomic E-state index is 0.448. The molecule has 0 amide bonds. The standard InChI is InChI=1S/C20H18FN7/c1-2-4-14-15(17-12-22-7-8-23-17)11-25-27-18(14)13-28-10-9-24-20(28)16-5-3-6-19(21)26-16/h3,5-12H,2,4,13H2,1H3. The van der Waals surface area contributed by atoms with Gasteiger partial charge in [0.1, 0.15) is 5.69 Å². The van der Waals surface area contributed by atoms with Crippen LogP contribution in [0.5, 0.6) is 0 Å². The van der Waals surface area contributed by atoms with Crippen molar-refractivity contribution in [2.24, 2.45) is 0 Å². The first-order valence-electron chi connectivity index (χ1n) is 9.00. The second-order valence-corrected chi connectivity index (χ2v) is 6.25. The van der Waals surface area contributed by atoms with E-state index in [1.54, 1.807) is 43.1 Å². The quantitative estimate of drug-likeness (QED) is 0.481. The number of imidazole rings is 1. The van der Waals surface area contributed by atoms with E-state index in [9.17, 15) is 4.39 Å². The maximum absolute atomic E-state index is 13.5. The third-order valence-electron chi connectivity index (χ3n) is 4.36. The van der Waals surface area contributed by atoms with Crippen LogP contribution in [0.3, 0.4) is 0 Å². The van der Waals surface area contributed by atoms with Crippen LogP contribution >= 0.6 is 0 Å². The van der Waals surface area contributed by atoms with Gasteiger partial charge in [0.25, 0.3) is 0 Å². The van der Waals surface area contributed by atoms with Gasteiger partial charge in [0.2, 0.25) is 5.95 Å². The molecule has 0 bridgehead atoms. The molecule has 0 N–H and O–H groups in total. The van der Waals surface area contributed by atoms with Gasteiger partial charge >= 0.3 is 0 Å². The Balaban J connectivity index is 1.75. The average Bonchev–Trinajstić information content (AvgIpc) is 3.18.